The molecule has 19 heavy (non-hydrogen) atoms. The van der Waals surface area contributed by atoms with E-state index in [1.54, 1.807) is 0 Å². The summed E-state index contributed by atoms with van der Waals surface area (Å²) in [5, 5.41) is 4.34. The zero-order chi connectivity index (χ0) is 13.4. The molecule has 4 unspecified atom stereocenters. The molecule has 0 heterocycles. The number of hydrogen-bond acceptors (Lipinski definition) is 1. The van der Waals surface area contributed by atoms with E-state index in [0.29, 0.717) is 6.04 Å². The normalized spacial score (nSPS) is 30.8. The minimum Gasteiger partial charge on any atom is -0.313 e. The molecule has 2 aliphatic carbocycles. The summed E-state index contributed by atoms with van der Waals surface area (Å²) in [6.07, 6.45) is 7.09. The molecular formula is C16H21BrClN. The van der Waals surface area contributed by atoms with Crippen LogP contribution < -0.4 is 5.32 Å². The molecular weight excluding hydrogens is 322 g/mol. The molecule has 2 fully saturated rings. The number of benzene rings is 1. The zero-order valence-corrected chi connectivity index (χ0v) is 13.7. The fourth-order valence-corrected chi connectivity index (χ4v) is 4.96. The molecule has 2 aliphatic rings. The Morgan fingerprint density at radius 2 is 2.21 bits per heavy atom. The van der Waals surface area contributed by atoms with Gasteiger partial charge in [-0.05, 0) is 68.2 Å². The van der Waals surface area contributed by atoms with E-state index in [-0.39, 0.29) is 0 Å². The van der Waals surface area contributed by atoms with Gasteiger partial charge >= 0.3 is 0 Å². The maximum absolute atomic E-state index is 6.40. The van der Waals surface area contributed by atoms with E-state index >= 15 is 0 Å². The first-order chi connectivity index (χ1) is 9.17. The maximum Gasteiger partial charge on any atom is 0.0465 e. The summed E-state index contributed by atoms with van der Waals surface area (Å²) in [7, 11) is 2.05. The van der Waals surface area contributed by atoms with E-state index < -0.39 is 0 Å². The van der Waals surface area contributed by atoms with Crippen molar-refractivity contribution < 1.29 is 0 Å². The third kappa shape index (κ3) is 2.86. The van der Waals surface area contributed by atoms with Crippen molar-refractivity contribution in [2.24, 2.45) is 17.8 Å². The molecule has 3 rings (SSSR count). The van der Waals surface area contributed by atoms with Crippen LogP contribution >= 0.6 is 27.5 Å². The highest BCUT2D eigenvalue weighted by molar-refractivity contribution is 9.10. The van der Waals surface area contributed by atoms with Crippen LogP contribution in [0.1, 0.15) is 43.7 Å². The van der Waals surface area contributed by atoms with Gasteiger partial charge in [0.2, 0.25) is 0 Å². The minimum absolute atomic E-state index is 0.393. The summed E-state index contributed by atoms with van der Waals surface area (Å²) in [6.45, 7) is 0. The van der Waals surface area contributed by atoms with Gasteiger partial charge in [-0.2, -0.15) is 0 Å². The predicted molar refractivity (Wildman–Crippen MR) is 84.5 cm³/mol. The van der Waals surface area contributed by atoms with E-state index in [0.717, 1.165) is 27.2 Å². The number of fused-ring (bicyclic) bond motifs is 2. The average molecular weight is 343 g/mol. The van der Waals surface area contributed by atoms with Crippen LogP contribution in [0.2, 0.25) is 5.02 Å². The van der Waals surface area contributed by atoms with Crippen LogP contribution in [0.3, 0.4) is 0 Å². The Morgan fingerprint density at radius 3 is 2.79 bits per heavy atom. The van der Waals surface area contributed by atoms with Crippen molar-refractivity contribution in [2.45, 2.75) is 38.1 Å². The molecule has 1 N–H and O–H groups in total. The molecule has 0 amide bonds. The van der Waals surface area contributed by atoms with Crippen molar-refractivity contribution in [1.29, 1.82) is 0 Å². The van der Waals surface area contributed by atoms with E-state index in [1.807, 2.05) is 6.07 Å². The van der Waals surface area contributed by atoms with Gasteiger partial charge in [-0.3, -0.25) is 0 Å². The van der Waals surface area contributed by atoms with Crippen molar-refractivity contribution in [3.63, 3.8) is 0 Å². The lowest BCUT2D eigenvalue weighted by Gasteiger charge is -2.27. The first-order valence-corrected chi connectivity index (χ1v) is 8.46. The number of hydrogen-bond donors (Lipinski definition) is 1. The van der Waals surface area contributed by atoms with Gasteiger partial charge in [0, 0.05) is 15.5 Å². The molecule has 2 saturated carbocycles. The standard InChI is InChI=1S/C16H21BrClN/c1-19-16(14-5-4-13(17)9-15(14)18)8-12-7-10-2-3-11(12)6-10/h4-5,9-12,16,19H,2-3,6-8H2,1H3. The summed E-state index contributed by atoms with van der Waals surface area (Å²) in [5.41, 5.74) is 1.25. The molecule has 3 heteroatoms. The van der Waals surface area contributed by atoms with E-state index in [4.69, 9.17) is 11.6 Å². The predicted octanol–water partition coefficient (Wildman–Crippen LogP) is 5.19. The van der Waals surface area contributed by atoms with Gasteiger partial charge in [-0.15, -0.1) is 0 Å². The Bertz CT molecular complexity index is 462. The van der Waals surface area contributed by atoms with Crippen molar-refractivity contribution in [2.75, 3.05) is 7.05 Å². The first kappa shape index (κ1) is 13.9. The van der Waals surface area contributed by atoms with E-state index in [1.165, 1.54) is 37.7 Å². The fourth-order valence-electron chi connectivity index (χ4n) is 4.15. The average Bonchev–Trinajstić information content (AvgIpc) is 2.99. The van der Waals surface area contributed by atoms with Crippen LogP contribution in [0.4, 0.5) is 0 Å². The second kappa shape index (κ2) is 5.75. The molecule has 1 aromatic carbocycles. The summed E-state index contributed by atoms with van der Waals surface area (Å²) in [4.78, 5) is 0. The van der Waals surface area contributed by atoms with Crippen molar-refractivity contribution in [3.05, 3.63) is 33.3 Å². The molecule has 2 bridgehead atoms. The fraction of sp³-hybridized carbons (Fsp3) is 0.625. The van der Waals surface area contributed by atoms with Crippen LogP contribution in [0.15, 0.2) is 22.7 Å². The zero-order valence-electron chi connectivity index (χ0n) is 11.3. The number of halogens is 2. The Labute approximate surface area is 129 Å². The molecule has 0 aliphatic heterocycles. The highest BCUT2D eigenvalue weighted by atomic mass is 79.9. The summed E-state index contributed by atoms with van der Waals surface area (Å²) < 4.78 is 1.05. The number of nitrogens with one attached hydrogen (secondary N) is 1. The second-order valence-electron chi connectivity index (χ2n) is 6.18. The third-order valence-corrected chi connectivity index (χ3v) is 5.93. The summed E-state index contributed by atoms with van der Waals surface area (Å²) in [6, 6.07) is 6.64. The molecule has 104 valence electrons. The Balaban J connectivity index is 1.73. The van der Waals surface area contributed by atoms with Crippen molar-refractivity contribution >= 4 is 27.5 Å². The Morgan fingerprint density at radius 1 is 1.37 bits per heavy atom. The van der Waals surface area contributed by atoms with Crippen molar-refractivity contribution in [1.82, 2.24) is 5.32 Å². The van der Waals surface area contributed by atoms with Gasteiger partial charge in [-0.1, -0.05) is 40.0 Å². The number of rotatable bonds is 4. The first-order valence-electron chi connectivity index (χ1n) is 7.29. The highest BCUT2D eigenvalue weighted by Crippen LogP contribution is 2.51. The third-order valence-electron chi connectivity index (χ3n) is 5.11. The van der Waals surface area contributed by atoms with Crippen LogP contribution in [0, 0.1) is 17.8 Å². The topological polar surface area (TPSA) is 12.0 Å². The minimum atomic E-state index is 0.393. The summed E-state index contributed by atoms with van der Waals surface area (Å²) >= 11 is 9.87. The smallest absolute Gasteiger partial charge is 0.0465 e. The second-order valence-corrected chi connectivity index (χ2v) is 7.50. The van der Waals surface area contributed by atoms with Crippen molar-refractivity contribution in [3.8, 4) is 0 Å². The largest absolute Gasteiger partial charge is 0.313 e. The highest BCUT2D eigenvalue weighted by Gasteiger charge is 2.40. The van der Waals surface area contributed by atoms with Crippen LogP contribution in [0.5, 0.6) is 0 Å². The van der Waals surface area contributed by atoms with E-state index in [2.05, 4.69) is 40.4 Å². The Hall–Kier alpha value is -0.0500. The monoisotopic (exact) mass is 341 g/mol. The van der Waals surface area contributed by atoms with Crippen LogP contribution in [0.25, 0.3) is 0 Å². The van der Waals surface area contributed by atoms with E-state index in [9.17, 15) is 0 Å². The molecule has 0 spiro atoms. The maximum atomic E-state index is 6.40. The summed E-state index contributed by atoms with van der Waals surface area (Å²) in [5.74, 6) is 2.90. The van der Waals surface area contributed by atoms with Crippen LogP contribution in [-0.2, 0) is 0 Å². The lowest BCUT2D eigenvalue weighted by atomic mass is 9.83. The van der Waals surface area contributed by atoms with Gasteiger partial charge < -0.3 is 5.32 Å². The lowest BCUT2D eigenvalue weighted by molar-refractivity contribution is 0.284. The molecule has 1 aromatic rings. The van der Waals surface area contributed by atoms with Gasteiger partial charge in [-0.25, -0.2) is 0 Å². The molecule has 0 radical (unpaired) electrons. The van der Waals surface area contributed by atoms with Gasteiger partial charge in [0.15, 0.2) is 0 Å². The Kier molecular flexibility index (Phi) is 4.21. The lowest BCUT2D eigenvalue weighted by Crippen LogP contribution is -2.23. The van der Waals surface area contributed by atoms with Gasteiger partial charge in [0.1, 0.15) is 0 Å². The molecule has 4 atom stereocenters. The van der Waals surface area contributed by atoms with Crippen LogP contribution in [-0.4, -0.2) is 7.05 Å². The molecule has 1 nitrogen and oxygen atoms in total. The SMILES string of the molecule is CNC(CC1CC2CCC1C2)c1ccc(Br)cc1Cl. The van der Waals surface area contributed by atoms with Gasteiger partial charge in [0.05, 0.1) is 0 Å². The van der Waals surface area contributed by atoms with Gasteiger partial charge in [0.25, 0.3) is 0 Å². The molecule has 0 aromatic heterocycles. The molecule has 0 saturated heterocycles. The quantitative estimate of drug-likeness (QED) is 0.794.